The van der Waals surface area contributed by atoms with E-state index in [1.54, 1.807) is 4.57 Å². The van der Waals surface area contributed by atoms with Gasteiger partial charge in [0.05, 0.1) is 11.0 Å². The van der Waals surface area contributed by atoms with Crippen molar-refractivity contribution in [1.82, 2.24) is 9.55 Å². The fraction of sp³-hybridized carbons (Fsp3) is 0.111. The summed E-state index contributed by atoms with van der Waals surface area (Å²) in [7, 11) is 0. The van der Waals surface area contributed by atoms with Crippen molar-refractivity contribution < 1.29 is 9.90 Å². The van der Waals surface area contributed by atoms with Crippen LogP contribution in [-0.2, 0) is 11.3 Å². The highest BCUT2D eigenvalue weighted by Crippen LogP contribution is 2.17. The normalized spacial score (nSPS) is 10.6. The van der Waals surface area contributed by atoms with Crippen molar-refractivity contribution in [3.8, 4) is 0 Å². The minimum Gasteiger partial charge on any atom is -0.480 e. The molecule has 0 bridgehead atoms. The molecule has 5 heteroatoms. The molecule has 2 aromatic rings. The first-order valence-electron chi connectivity index (χ1n) is 4.04. The second kappa shape index (κ2) is 3.34. The Hall–Kier alpha value is -1.49. The van der Waals surface area contributed by atoms with Crippen LogP contribution in [0.15, 0.2) is 29.4 Å². The highest BCUT2D eigenvalue weighted by Gasteiger charge is 2.09. The summed E-state index contributed by atoms with van der Waals surface area (Å²) >= 11 is 4.12. The summed E-state index contributed by atoms with van der Waals surface area (Å²) < 4.78 is 1.56. The number of thiol groups is 1. The molecule has 0 aliphatic heterocycles. The molecular formula is C9H8N2O2S. The highest BCUT2D eigenvalue weighted by atomic mass is 32.1. The first-order valence-corrected chi connectivity index (χ1v) is 4.49. The van der Waals surface area contributed by atoms with Crippen LogP contribution in [0.3, 0.4) is 0 Å². The van der Waals surface area contributed by atoms with E-state index < -0.39 is 5.97 Å². The Bertz CT molecular complexity index is 493. The molecule has 72 valence electrons. The van der Waals surface area contributed by atoms with Gasteiger partial charge in [-0.2, -0.15) is 0 Å². The van der Waals surface area contributed by atoms with Gasteiger partial charge in [0, 0.05) is 0 Å². The first kappa shape index (κ1) is 9.08. The summed E-state index contributed by atoms with van der Waals surface area (Å²) in [6.07, 6.45) is 0. The second-order valence-corrected chi connectivity index (χ2v) is 3.28. The van der Waals surface area contributed by atoms with E-state index >= 15 is 0 Å². The van der Waals surface area contributed by atoms with Crippen LogP contribution in [0.5, 0.6) is 0 Å². The van der Waals surface area contributed by atoms with Crippen LogP contribution in [0.25, 0.3) is 11.0 Å². The number of rotatable bonds is 2. The Morgan fingerprint density at radius 2 is 2.21 bits per heavy atom. The number of nitrogens with zero attached hydrogens (tertiary/aromatic N) is 2. The molecule has 0 saturated carbocycles. The van der Waals surface area contributed by atoms with Crippen molar-refractivity contribution in [3.63, 3.8) is 0 Å². The first-order chi connectivity index (χ1) is 6.68. The van der Waals surface area contributed by atoms with Crippen LogP contribution < -0.4 is 0 Å². The Labute approximate surface area is 85.6 Å². The molecule has 0 spiro atoms. The van der Waals surface area contributed by atoms with Crippen molar-refractivity contribution in [2.24, 2.45) is 0 Å². The molecule has 0 aliphatic rings. The van der Waals surface area contributed by atoms with E-state index in [4.69, 9.17) is 5.11 Å². The summed E-state index contributed by atoms with van der Waals surface area (Å²) in [5, 5.41) is 9.11. The lowest BCUT2D eigenvalue weighted by Gasteiger charge is -2.00. The van der Waals surface area contributed by atoms with Crippen molar-refractivity contribution >= 4 is 29.6 Å². The predicted molar refractivity (Wildman–Crippen MR) is 54.6 cm³/mol. The SMILES string of the molecule is O=C(O)Cn1c(S)nc2ccccc21. The van der Waals surface area contributed by atoms with Gasteiger partial charge in [0.25, 0.3) is 0 Å². The van der Waals surface area contributed by atoms with Crippen molar-refractivity contribution in [3.05, 3.63) is 24.3 Å². The van der Waals surface area contributed by atoms with Crippen molar-refractivity contribution in [1.29, 1.82) is 0 Å². The number of benzene rings is 1. The lowest BCUT2D eigenvalue weighted by atomic mass is 10.3. The molecule has 0 atom stereocenters. The van der Waals surface area contributed by atoms with Gasteiger partial charge >= 0.3 is 5.97 Å². The molecule has 0 saturated heterocycles. The minimum atomic E-state index is -0.900. The van der Waals surface area contributed by atoms with E-state index in [-0.39, 0.29) is 6.54 Å². The zero-order valence-corrected chi connectivity index (χ0v) is 8.11. The van der Waals surface area contributed by atoms with Gasteiger partial charge in [-0.1, -0.05) is 12.1 Å². The lowest BCUT2D eigenvalue weighted by Crippen LogP contribution is -2.08. The van der Waals surface area contributed by atoms with Crippen LogP contribution in [0.1, 0.15) is 0 Å². The van der Waals surface area contributed by atoms with Gasteiger partial charge in [-0.05, 0) is 12.1 Å². The molecule has 0 unspecified atom stereocenters. The average Bonchev–Trinajstić information content (AvgIpc) is 2.43. The smallest absolute Gasteiger partial charge is 0.323 e. The summed E-state index contributed by atoms with van der Waals surface area (Å²) in [5.41, 5.74) is 1.55. The van der Waals surface area contributed by atoms with Crippen LogP contribution in [0.2, 0.25) is 0 Å². The molecule has 4 nitrogen and oxygen atoms in total. The zero-order chi connectivity index (χ0) is 10.1. The van der Waals surface area contributed by atoms with E-state index in [1.807, 2.05) is 24.3 Å². The maximum atomic E-state index is 10.6. The molecule has 2 rings (SSSR count). The largest absolute Gasteiger partial charge is 0.480 e. The average molecular weight is 208 g/mol. The third-order valence-electron chi connectivity index (χ3n) is 1.93. The molecule has 0 amide bonds. The molecular weight excluding hydrogens is 200 g/mol. The summed E-state index contributed by atoms with van der Waals surface area (Å²) in [6.45, 7) is -0.112. The van der Waals surface area contributed by atoms with Gasteiger partial charge in [-0.25, -0.2) is 4.98 Å². The number of aliphatic carboxylic acids is 1. The number of imidazole rings is 1. The van der Waals surface area contributed by atoms with Crippen molar-refractivity contribution in [2.75, 3.05) is 0 Å². The fourth-order valence-corrected chi connectivity index (χ4v) is 1.64. The topological polar surface area (TPSA) is 55.1 Å². The Kier molecular flexibility index (Phi) is 2.17. The second-order valence-electron chi connectivity index (χ2n) is 2.88. The number of carboxylic acid groups (broad SMARTS) is 1. The molecule has 1 heterocycles. The van der Waals surface area contributed by atoms with Crippen molar-refractivity contribution in [2.45, 2.75) is 11.7 Å². The standard InChI is InChI=1S/C9H8N2O2S/c12-8(13)5-11-7-4-2-1-3-6(7)10-9(11)14/h1-4H,5H2,(H,10,14)(H,12,13). The molecule has 1 aromatic carbocycles. The number of carbonyl (C=O) groups is 1. The van der Waals surface area contributed by atoms with Crippen LogP contribution >= 0.6 is 12.6 Å². The fourth-order valence-electron chi connectivity index (χ4n) is 1.35. The number of para-hydroxylation sites is 2. The summed E-state index contributed by atoms with van der Waals surface area (Å²) in [5.74, 6) is -0.900. The molecule has 1 N–H and O–H groups in total. The Balaban J connectivity index is 2.62. The number of aromatic nitrogens is 2. The summed E-state index contributed by atoms with van der Waals surface area (Å²) in [4.78, 5) is 14.7. The maximum Gasteiger partial charge on any atom is 0.323 e. The van der Waals surface area contributed by atoms with Gasteiger partial charge in [0.1, 0.15) is 6.54 Å². The van der Waals surface area contributed by atoms with Gasteiger partial charge in [-0.3, -0.25) is 4.79 Å². The van der Waals surface area contributed by atoms with Gasteiger partial charge in [-0.15, -0.1) is 12.6 Å². The van der Waals surface area contributed by atoms with Gasteiger partial charge in [0.15, 0.2) is 5.16 Å². The molecule has 0 fully saturated rings. The van der Waals surface area contributed by atoms with E-state index in [1.165, 1.54) is 0 Å². The number of hydrogen-bond acceptors (Lipinski definition) is 3. The zero-order valence-electron chi connectivity index (χ0n) is 7.21. The van der Waals surface area contributed by atoms with E-state index in [0.29, 0.717) is 5.16 Å². The third kappa shape index (κ3) is 1.46. The van der Waals surface area contributed by atoms with Gasteiger partial charge < -0.3 is 9.67 Å². The van der Waals surface area contributed by atoms with Gasteiger partial charge in [0.2, 0.25) is 0 Å². The Morgan fingerprint density at radius 1 is 1.50 bits per heavy atom. The lowest BCUT2D eigenvalue weighted by molar-refractivity contribution is -0.137. The summed E-state index contributed by atoms with van der Waals surface area (Å²) in [6, 6.07) is 7.35. The monoisotopic (exact) mass is 208 g/mol. The third-order valence-corrected chi connectivity index (χ3v) is 2.27. The number of carboxylic acids is 1. The van der Waals surface area contributed by atoms with E-state index in [2.05, 4.69) is 17.6 Å². The molecule has 1 aromatic heterocycles. The highest BCUT2D eigenvalue weighted by molar-refractivity contribution is 7.80. The van der Waals surface area contributed by atoms with Crippen LogP contribution in [-0.4, -0.2) is 20.6 Å². The number of hydrogen-bond donors (Lipinski definition) is 2. The number of fused-ring (bicyclic) bond motifs is 1. The van der Waals surface area contributed by atoms with E-state index in [9.17, 15) is 4.79 Å². The Morgan fingerprint density at radius 3 is 2.93 bits per heavy atom. The molecule has 0 aliphatic carbocycles. The quantitative estimate of drug-likeness (QED) is 0.734. The minimum absolute atomic E-state index is 0.112. The molecule has 0 radical (unpaired) electrons. The molecule has 14 heavy (non-hydrogen) atoms. The van der Waals surface area contributed by atoms with E-state index in [0.717, 1.165) is 11.0 Å². The predicted octanol–water partition coefficient (Wildman–Crippen LogP) is 1.41. The maximum absolute atomic E-state index is 10.6. The van der Waals surface area contributed by atoms with Crippen LogP contribution in [0.4, 0.5) is 0 Å². The van der Waals surface area contributed by atoms with Crippen LogP contribution in [0, 0.1) is 0 Å².